The van der Waals surface area contributed by atoms with Crippen molar-refractivity contribution < 1.29 is 5.11 Å². The lowest BCUT2D eigenvalue weighted by Gasteiger charge is -2.37. The number of likely N-dealkylation sites (tertiary alicyclic amines) is 1. The Kier molecular flexibility index (Phi) is 6.09. The molecular weight excluding hydrogens is 224 g/mol. The van der Waals surface area contributed by atoms with Crippen LogP contribution < -0.4 is 5.32 Å². The van der Waals surface area contributed by atoms with Crippen LogP contribution in [0.3, 0.4) is 0 Å². The summed E-state index contributed by atoms with van der Waals surface area (Å²) in [7, 11) is 0. The second kappa shape index (κ2) is 6.88. The van der Waals surface area contributed by atoms with E-state index in [9.17, 15) is 5.11 Å². The molecule has 0 aromatic heterocycles. The van der Waals surface area contributed by atoms with Gasteiger partial charge in [0.05, 0.1) is 6.10 Å². The third-order valence-electron chi connectivity index (χ3n) is 4.17. The van der Waals surface area contributed by atoms with Crippen molar-refractivity contribution in [1.29, 1.82) is 0 Å². The molecule has 0 aromatic carbocycles. The molecule has 0 aliphatic carbocycles. The molecule has 0 amide bonds. The SMILES string of the molecule is CCNC(CCN1CCC(O)C(C)C1)C(C)(C)C. The number of aliphatic hydroxyl groups excluding tert-OH is 1. The maximum Gasteiger partial charge on any atom is 0.0590 e. The van der Waals surface area contributed by atoms with Gasteiger partial charge in [0.25, 0.3) is 0 Å². The average Bonchev–Trinajstić information content (AvgIpc) is 2.27. The van der Waals surface area contributed by atoms with Gasteiger partial charge in [-0.15, -0.1) is 0 Å². The van der Waals surface area contributed by atoms with E-state index in [1.807, 2.05) is 0 Å². The monoisotopic (exact) mass is 256 g/mol. The van der Waals surface area contributed by atoms with Crippen molar-refractivity contribution in [2.75, 3.05) is 26.2 Å². The molecule has 108 valence electrons. The topological polar surface area (TPSA) is 35.5 Å². The molecule has 1 aliphatic rings. The molecule has 0 spiro atoms. The van der Waals surface area contributed by atoms with Crippen LogP contribution in [0, 0.1) is 11.3 Å². The smallest absolute Gasteiger partial charge is 0.0590 e. The van der Waals surface area contributed by atoms with E-state index >= 15 is 0 Å². The highest BCUT2D eigenvalue weighted by atomic mass is 16.3. The van der Waals surface area contributed by atoms with Crippen molar-refractivity contribution in [1.82, 2.24) is 10.2 Å². The van der Waals surface area contributed by atoms with E-state index in [4.69, 9.17) is 0 Å². The fourth-order valence-electron chi connectivity index (χ4n) is 2.82. The molecule has 1 heterocycles. The first-order valence-corrected chi connectivity index (χ1v) is 7.48. The molecule has 18 heavy (non-hydrogen) atoms. The minimum atomic E-state index is -0.0894. The van der Waals surface area contributed by atoms with Gasteiger partial charge in [0.1, 0.15) is 0 Å². The number of nitrogens with one attached hydrogen (secondary N) is 1. The van der Waals surface area contributed by atoms with Crippen molar-refractivity contribution >= 4 is 0 Å². The van der Waals surface area contributed by atoms with Crippen molar-refractivity contribution in [3.63, 3.8) is 0 Å². The Labute approximate surface area is 113 Å². The van der Waals surface area contributed by atoms with Crippen LogP contribution in [-0.2, 0) is 0 Å². The summed E-state index contributed by atoms with van der Waals surface area (Å²) in [6.45, 7) is 15.5. The normalized spacial score (nSPS) is 28.3. The van der Waals surface area contributed by atoms with E-state index in [-0.39, 0.29) is 6.10 Å². The van der Waals surface area contributed by atoms with Gasteiger partial charge in [-0.25, -0.2) is 0 Å². The third kappa shape index (κ3) is 4.87. The first-order valence-electron chi connectivity index (χ1n) is 7.48. The molecule has 1 fully saturated rings. The second-order valence-electron chi connectivity index (χ2n) is 6.90. The molecule has 1 rings (SSSR count). The van der Waals surface area contributed by atoms with Gasteiger partial charge in [-0.05, 0) is 37.3 Å². The number of aliphatic hydroxyl groups is 1. The lowest BCUT2D eigenvalue weighted by Crippen LogP contribution is -2.46. The van der Waals surface area contributed by atoms with Crippen LogP contribution in [0.15, 0.2) is 0 Å². The molecule has 3 unspecified atom stereocenters. The zero-order valence-electron chi connectivity index (χ0n) is 12.9. The Morgan fingerprint density at radius 2 is 2.06 bits per heavy atom. The predicted octanol–water partition coefficient (Wildman–Crippen LogP) is 2.10. The van der Waals surface area contributed by atoms with Crippen LogP contribution in [0.1, 0.15) is 47.5 Å². The molecule has 0 bridgehead atoms. The average molecular weight is 256 g/mol. The Morgan fingerprint density at radius 1 is 1.39 bits per heavy atom. The zero-order valence-corrected chi connectivity index (χ0v) is 12.9. The summed E-state index contributed by atoms with van der Waals surface area (Å²) in [6.07, 6.45) is 2.04. The van der Waals surface area contributed by atoms with Gasteiger partial charge >= 0.3 is 0 Å². The van der Waals surface area contributed by atoms with Crippen LogP contribution in [0.5, 0.6) is 0 Å². The largest absolute Gasteiger partial charge is 0.393 e. The van der Waals surface area contributed by atoms with Crippen LogP contribution in [-0.4, -0.2) is 48.3 Å². The van der Waals surface area contributed by atoms with Crippen molar-refractivity contribution in [2.24, 2.45) is 11.3 Å². The number of hydrogen-bond donors (Lipinski definition) is 2. The third-order valence-corrected chi connectivity index (χ3v) is 4.17. The van der Waals surface area contributed by atoms with Gasteiger partial charge in [0.2, 0.25) is 0 Å². The molecule has 1 aliphatic heterocycles. The molecular formula is C15H32N2O. The quantitative estimate of drug-likeness (QED) is 0.791. The summed E-state index contributed by atoms with van der Waals surface area (Å²) in [4.78, 5) is 2.51. The summed E-state index contributed by atoms with van der Waals surface area (Å²) >= 11 is 0. The van der Waals surface area contributed by atoms with Gasteiger partial charge in [-0.1, -0.05) is 34.6 Å². The van der Waals surface area contributed by atoms with E-state index < -0.39 is 0 Å². The van der Waals surface area contributed by atoms with E-state index in [0.717, 1.165) is 32.6 Å². The number of rotatable bonds is 5. The van der Waals surface area contributed by atoms with Crippen LogP contribution in [0.4, 0.5) is 0 Å². The van der Waals surface area contributed by atoms with Gasteiger partial charge in [0.15, 0.2) is 0 Å². The number of piperidine rings is 1. The second-order valence-corrected chi connectivity index (χ2v) is 6.90. The van der Waals surface area contributed by atoms with Gasteiger partial charge in [-0.3, -0.25) is 0 Å². The fraction of sp³-hybridized carbons (Fsp3) is 1.00. The van der Waals surface area contributed by atoms with E-state index in [0.29, 0.717) is 17.4 Å². The lowest BCUT2D eigenvalue weighted by molar-refractivity contribution is 0.0320. The fourth-order valence-corrected chi connectivity index (χ4v) is 2.82. The molecule has 0 saturated carbocycles. The maximum atomic E-state index is 9.75. The lowest BCUT2D eigenvalue weighted by atomic mass is 9.84. The first-order chi connectivity index (χ1) is 8.34. The van der Waals surface area contributed by atoms with Crippen LogP contribution >= 0.6 is 0 Å². The summed E-state index contributed by atoms with van der Waals surface area (Å²) in [5.74, 6) is 0.422. The van der Waals surface area contributed by atoms with Gasteiger partial charge < -0.3 is 15.3 Å². The van der Waals surface area contributed by atoms with E-state index in [2.05, 4.69) is 44.8 Å². The summed E-state index contributed by atoms with van der Waals surface area (Å²) in [6, 6.07) is 0.574. The summed E-state index contributed by atoms with van der Waals surface area (Å²) < 4.78 is 0. The molecule has 0 radical (unpaired) electrons. The molecule has 1 saturated heterocycles. The Hall–Kier alpha value is -0.120. The molecule has 3 atom stereocenters. The first kappa shape index (κ1) is 15.9. The summed E-state index contributed by atoms with van der Waals surface area (Å²) in [5.41, 5.74) is 0.316. The van der Waals surface area contributed by atoms with Crippen molar-refractivity contribution in [3.8, 4) is 0 Å². The summed E-state index contributed by atoms with van der Waals surface area (Å²) in [5, 5.41) is 13.4. The highest BCUT2D eigenvalue weighted by Gasteiger charge is 2.27. The number of hydrogen-bond acceptors (Lipinski definition) is 3. The number of nitrogens with zero attached hydrogens (tertiary/aromatic N) is 1. The standard InChI is InChI=1S/C15H32N2O/c1-6-16-14(15(3,4)5)8-10-17-9-7-13(18)12(2)11-17/h12-14,16,18H,6-11H2,1-5H3. The Bertz CT molecular complexity index is 237. The molecule has 2 N–H and O–H groups in total. The Morgan fingerprint density at radius 3 is 2.56 bits per heavy atom. The van der Waals surface area contributed by atoms with Gasteiger partial charge in [0, 0.05) is 19.1 Å². The molecule has 3 nitrogen and oxygen atoms in total. The van der Waals surface area contributed by atoms with Gasteiger partial charge in [-0.2, -0.15) is 0 Å². The minimum Gasteiger partial charge on any atom is -0.393 e. The van der Waals surface area contributed by atoms with E-state index in [1.165, 1.54) is 6.42 Å². The highest BCUT2D eigenvalue weighted by molar-refractivity contribution is 4.83. The van der Waals surface area contributed by atoms with Crippen molar-refractivity contribution in [3.05, 3.63) is 0 Å². The minimum absolute atomic E-state index is 0.0894. The Balaban J connectivity index is 2.38. The van der Waals surface area contributed by atoms with Crippen LogP contribution in [0.25, 0.3) is 0 Å². The molecule has 0 aromatic rings. The maximum absolute atomic E-state index is 9.75. The van der Waals surface area contributed by atoms with E-state index in [1.54, 1.807) is 0 Å². The predicted molar refractivity (Wildman–Crippen MR) is 77.8 cm³/mol. The highest BCUT2D eigenvalue weighted by Crippen LogP contribution is 2.23. The zero-order chi connectivity index (χ0) is 13.8. The van der Waals surface area contributed by atoms with Crippen molar-refractivity contribution in [2.45, 2.75) is 59.6 Å². The van der Waals surface area contributed by atoms with Crippen LogP contribution in [0.2, 0.25) is 0 Å². The molecule has 3 heteroatoms.